The van der Waals surface area contributed by atoms with E-state index < -0.39 is 0 Å². The van der Waals surface area contributed by atoms with Gasteiger partial charge in [0.2, 0.25) is 0 Å². The molecule has 0 spiro atoms. The molecule has 2 nitrogen and oxygen atoms in total. The Hall–Kier alpha value is -0.540. The van der Waals surface area contributed by atoms with E-state index in [0.717, 1.165) is 19.0 Å². The highest BCUT2D eigenvalue weighted by atomic mass is 79.9. The fourth-order valence-corrected chi connectivity index (χ4v) is 2.70. The lowest BCUT2D eigenvalue weighted by Gasteiger charge is -2.28. The summed E-state index contributed by atoms with van der Waals surface area (Å²) in [6.45, 7) is 12.1. The van der Waals surface area contributed by atoms with Gasteiger partial charge in [-0.15, -0.1) is 0 Å². The van der Waals surface area contributed by atoms with Gasteiger partial charge >= 0.3 is 0 Å². The summed E-state index contributed by atoms with van der Waals surface area (Å²) in [5, 5.41) is 3.60. The molecular formula is C17H27BrN2. The highest BCUT2D eigenvalue weighted by Gasteiger charge is 2.25. The van der Waals surface area contributed by atoms with Crippen LogP contribution in [0.5, 0.6) is 0 Å². The van der Waals surface area contributed by atoms with Gasteiger partial charge in [0.15, 0.2) is 0 Å². The molecule has 1 aliphatic rings. The summed E-state index contributed by atoms with van der Waals surface area (Å²) in [5.41, 5.74) is 2.92. The number of hydrogen-bond donors (Lipinski definition) is 1. The second-order valence-corrected chi connectivity index (χ2v) is 7.77. The normalized spacial score (nSPS) is 15.4. The Morgan fingerprint density at radius 2 is 2.00 bits per heavy atom. The van der Waals surface area contributed by atoms with Crippen LogP contribution in [0.1, 0.15) is 46.1 Å². The Morgan fingerprint density at radius 1 is 1.30 bits per heavy atom. The van der Waals surface area contributed by atoms with Gasteiger partial charge in [0, 0.05) is 35.3 Å². The van der Waals surface area contributed by atoms with E-state index in [1.807, 2.05) is 0 Å². The van der Waals surface area contributed by atoms with Crippen LogP contribution in [-0.2, 0) is 6.54 Å². The van der Waals surface area contributed by atoms with Gasteiger partial charge in [-0.2, -0.15) is 0 Å². The van der Waals surface area contributed by atoms with Gasteiger partial charge in [0.25, 0.3) is 0 Å². The average Bonchev–Trinajstić information content (AvgIpc) is 3.17. The van der Waals surface area contributed by atoms with Gasteiger partial charge in [-0.3, -0.25) is 0 Å². The summed E-state index contributed by atoms with van der Waals surface area (Å²) in [7, 11) is 0. The number of nitrogens with zero attached hydrogens (tertiary/aromatic N) is 1. The van der Waals surface area contributed by atoms with Crippen LogP contribution in [0.15, 0.2) is 22.7 Å². The summed E-state index contributed by atoms with van der Waals surface area (Å²) < 4.78 is 1.17. The second-order valence-electron chi connectivity index (χ2n) is 6.86. The molecule has 0 aromatic heterocycles. The fraction of sp³-hybridized carbons (Fsp3) is 0.647. The van der Waals surface area contributed by atoms with Crippen molar-refractivity contribution in [3.63, 3.8) is 0 Å². The zero-order valence-electron chi connectivity index (χ0n) is 13.2. The van der Waals surface area contributed by atoms with Crippen LogP contribution in [0.4, 0.5) is 5.69 Å². The Balaban J connectivity index is 2.17. The molecule has 0 radical (unpaired) electrons. The van der Waals surface area contributed by atoms with E-state index in [1.54, 1.807) is 0 Å². The van der Waals surface area contributed by atoms with E-state index in [1.165, 1.54) is 35.1 Å². The van der Waals surface area contributed by atoms with Gasteiger partial charge in [0.1, 0.15) is 0 Å². The first-order chi connectivity index (χ1) is 9.39. The SMILES string of the molecule is CCN(CC1CC1)c1cc(Br)ccc1CNC(C)(C)C. The average molecular weight is 339 g/mol. The number of halogens is 1. The number of nitrogens with one attached hydrogen (secondary N) is 1. The van der Waals surface area contributed by atoms with Gasteiger partial charge in [-0.25, -0.2) is 0 Å². The Labute approximate surface area is 132 Å². The van der Waals surface area contributed by atoms with Crippen LogP contribution in [0.2, 0.25) is 0 Å². The first-order valence-corrected chi connectivity index (χ1v) is 8.47. The van der Waals surface area contributed by atoms with Crippen molar-refractivity contribution in [2.45, 2.75) is 52.6 Å². The summed E-state index contributed by atoms with van der Waals surface area (Å²) in [5.74, 6) is 0.914. The minimum atomic E-state index is 0.151. The Bertz CT molecular complexity index is 447. The van der Waals surface area contributed by atoms with Crippen molar-refractivity contribution in [3.8, 4) is 0 Å². The maximum absolute atomic E-state index is 3.62. The molecule has 20 heavy (non-hydrogen) atoms. The molecule has 0 unspecified atom stereocenters. The van der Waals surface area contributed by atoms with E-state index >= 15 is 0 Å². The van der Waals surface area contributed by atoms with Crippen molar-refractivity contribution in [1.82, 2.24) is 5.32 Å². The zero-order valence-corrected chi connectivity index (χ0v) is 14.8. The molecule has 0 amide bonds. The monoisotopic (exact) mass is 338 g/mol. The molecule has 0 aliphatic heterocycles. The third-order valence-corrected chi connectivity index (χ3v) is 4.25. The Kier molecular flexibility index (Phi) is 5.14. The number of hydrogen-bond acceptors (Lipinski definition) is 2. The molecule has 0 bridgehead atoms. The highest BCUT2D eigenvalue weighted by Crippen LogP contribution is 2.33. The standard InChI is InChI=1S/C17H27BrN2/c1-5-20(12-13-6-7-13)16-10-15(18)9-8-14(16)11-19-17(2,3)4/h8-10,13,19H,5-7,11-12H2,1-4H3. The van der Waals surface area contributed by atoms with Crippen LogP contribution in [0, 0.1) is 5.92 Å². The lowest BCUT2D eigenvalue weighted by atomic mass is 10.1. The quantitative estimate of drug-likeness (QED) is 0.816. The van der Waals surface area contributed by atoms with E-state index in [-0.39, 0.29) is 5.54 Å². The first kappa shape index (κ1) is 15.8. The summed E-state index contributed by atoms with van der Waals surface area (Å²) in [6.07, 6.45) is 2.81. The lowest BCUT2D eigenvalue weighted by molar-refractivity contribution is 0.424. The molecule has 0 atom stereocenters. The number of anilines is 1. The van der Waals surface area contributed by atoms with Crippen LogP contribution in [0.25, 0.3) is 0 Å². The van der Waals surface area contributed by atoms with Crippen molar-refractivity contribution < 1.29 is 0 Å². The van der Waals surface area contributed by atoms with Crippen molar-refractivity contribution >= 4 is 21.6 Å². The smallest absolute Gasteiger partial charge is 0.0423 e. The van der Waals surface area contributed by atoms with Gasteiger partial charge in [-0.1, -0.05) is 22.0 Å². The van der Waals surface area contributed by atoms with Crippen LogP contribution in [-0.4, -0.2) is 18.6 Å². The third kappa shape index (κ3) is 4.78. The molecule has 1 aromatic carbocycles. The van der Waals surface area contributed by atoms with E-state index in [2.05, 4.69) is 72.0 Å². The van der Waals surface area contributed by atoms with Crippen molar-refractivity contribution in [1.29, 1.82) is 0 Å². The minimum absolute atomic E-state index is 0.151. The molecule has 1 N–H and O–H groups in total. The van der Waals surface area contributed by atoms with E-state index in [9.17, 15) is 0 Å². The van der Waals surface area contributed by atoms with Crippen molar-refractivity contribution in [2.75, 3.05) is 18.0 Å². The lowest BCUT2D eigenvalue weighted by Crippen LogP contribution is -2.36. The molecule has 1 aromatic rings. The van der Waals surface area contributed by atoms with Gasteiger partial charge in [-0.05, 0) is 64.2 Å². The second kappa shape index (κ2) is 6.48. The largest absolute Gasteiger partial charge is 0.371 e. The molecule has 1 aliphatic carbocycles. The molecule has 112 valence electrons. The summed E-state index contributed by atoms with van der Waals surface area (Å²) in [6, 6.07) is 6.66. The highest BCUT2D eigenvalue weighted by molar-refractivity contribution is 9.10. The maximum atomic E-state index is 3.62. The van der Waals surface area contributed by atoms with Crippen LogP contribution < -0.4 is 10.2 Å². The molecule has 0 heterocycles. The van der Waals surface area contributed by atoms with Crippen LogP contribution >= 0.6 is 15.9 Å². The van der Waals surface area contributed by atoms with Gasteiger partial charge < -0.3 is 10.2 Å². The molecule has 1 fully saturated rings. The molecule has 0 saturated heterocycles. The zero-order chi connectivity index (χ0) is 14.8. The van der Waals surface area contributed by atoms with E-state index in [4.69, 9.17) is 0 Å². The topological polar surface area (TPSA) is 15.3 Å². The van der Waals surface area contributed by atoms with E-state index in [0.29, 0.717) is 0 Å². The molecule has 1 saturated carbocycles. The van der Waals surface area contributed by atoms with Crippen molar-refractivity contribution in [2.24, 2.45) is 5.92 Å². The molecule has 3 heteroatoms. The predicted molar refractivity (Wildman–Crippen MR) is 91.3 cm³/mol. The molecule has 2 rings (SSSR count). The first-order valence-electron chi connectivity index (χ1n) is 7.67. The molecular weight excluding hydrogens is 312 g/mol. The third-order valence-electron chi connectivity index (χ3n) is 3.75. The van der Waals surface area contributed by atoms with Crippen molar-refractivity contribution in [3.05, 3.63) is 28.2 Å². The van der Waals surface area contributed by atoms with Gasteiger partial charge in [0.05, 0.1) is 0 Å². The Morgan fingerprint density at radius 3 is 2.55 bits per heavy atom. The minimum Gasteiger partial charge on any atom is -0.371 e. The summed E-state index contributed by atoms with van der Waals surface area (Å²) in [4.78, 5) is 2.53. The maximum Gasteiger partial charge on any atom is 0.0423 e. The summed E-state index contributed by atoms with van der Waals surface area (Å²) >= 11 is 3.62. The fourth-order valence-electron chi connectivity index (χ4n) is 2.35. The number of benzene rings is 1. The van der Waals surface area contributed by atoms with Crippen LogP contribution in [0.3, 0.4) is 0 Å². The number of rotatable bonds is 6. The predicted octanol–water partition coefficient (Wildman–Crippen LogP) is 4.57.